The molecule has 1 heterocycles. The van der Waals surface area contributed by atoms with Crippen molar-refractivity contribution in [2.45, 2.75) is 27.7 Å². The Morgan fingerprint density at radius 3 is 2.12 bits per heavy atom. The standard InChI is InChI=1S/C23H20O2P/c1-13-11-15(3)20(16(4)12-13)22(24)21-14(2)9-10-18-17-7-5-6-8-19(17)26(25)23(18)21/h5-12H,1-4H3/q+1. The van der Waals surface area contributed by atoms with Crippen molar-refractivity contribution in [1.82, 2.24) is 0 Å². The van der Waals surface area contributed by atoms with Crippen molar-refractivity contribution in [2.75, 3.05) is 0 Å². The summed E-state index contributed by atoms with van der Waals surface area (Å²) in [5.41, 5.74) is 7.20. The SMILES string of the molecule is Cc1cc(C)c(C(=O)c2c(C)ccc3c2[P+](=O)c2ccccc2-3)c(C)c1. The first-order valence-electron chi connectivity index (χ1n) is 8.73. The highest BCUT2D eigenvalue weighted by Gasteiger charge is 2.43. The maximum absolute atomic E-state index is 13.5. The minimum atomic E-state index is -1.75. The summed E-state index contributed by atoms with van der Waals surface area (Å²) in [6, 6.07) is 15.8. The first-order chi connectivity index (χ1) is 12.4. The topological polar surface area (TPSA) is 34.1 Å². The molecule has 2 nitrogen and oxygen atoms in total. The van der Waals surface area contributed by atoms with Crippen LogP contribution >= 0.6 is 7.80 Å². The summed E-state index contributed by atoms with van der Waals surface area (Å²) >= 11 is 0. The van der Waals surface area contributed by atoms with Crippen LogP contribution in [-0.4, -0.2) is 5.78 Å². The van der Waals surface area contributed by atoms with Crippen molar-refractivity contribution in [1.29, 1.82) is 0 Å². The molecular weight excluding hydrogens is 339 g/mol. The van der Waals surface area contributed by atoms with Crippen LogP contribution in [0.15, 0.2) is 48.5 Å². The fourth-order valence-corrected chi connectivity index (χ4v) is 5.84. The Kier molecular flexibility index (Phi) is 3.89. The number of hydrogen-bond donors (Lipinski definition) is 0. The summed E-state index contributed by atoms with van der Waals surface area (Å²) in [5.74, 6) is -0.0227. The van der Waals surface area contributed by atoms with Crippen molar-refractivity contribution < 1.29 is 9.36 Å². The molecule has 1 unspecified atom stereocenters. The van der Waals surface area contributed by atoms with Gasteiger partial charge in [-0.25, -0.2) is 0 Å². The molecule has 0 radical (unpaired) electrons. The highest BCUT2D eigenvalue weighted by atomic mass is 31.1. The first kappa shape index (κ1) is 16.9. The lowest BCUT2D eigenvalue weighted by Gasteiger charge is -2.12. The number of ketones is 1. The highest BCUT2D eigenvalue weighted by molar-refractivity contribution is 7.63. The van der Waals surface area contributed by atoms with E-state index in [9.17, 15) is 9.36 Å². The molecule has 3 heteroatoms. The zero-order chi connectivity index (χ0) is 18.6. The number of carbonyl (C=O) groups excluding carboxylic acids is 1. The predicted molar refractivity (Wildman–Crippen MR) is 108 cm³/mol. The van der Waals surface area contributed by atoms with Gasteiger partial charge in [0.15, 0.2) is 5.78 Å². The molecule has 1 aliphatic heterocycles. The molecule has 4 rings (SSSR count). The van der Waals surface area contributed by atoms with Gasteiger partial charge in [-0.15, -0.1) is 0 Å². The van der Waals surface area contributed by atoms with Crippen LogP contribution in [0.4, 0.5) is 0 Å². The molecule has 26 heavy (non-hydrogen) atoms. The highest BCUT2D eigenvalue weighted by Crippen LogP contribution is 2.40. The second kappa shape index (κ2) is 6.00. The van der Waals surface area contributed by atoms with Crippen LogP contribution in [0.3, 0.4) is 0 Å². The number of hydrogen-bond acceptors (Lipinski definition) is 2. The van der Waals surface area contributed by atoms with E-state index in [0.717, 1.165) is 44.2 Å². The molecule has 0 aromatic heterocycles. The van der Waals surface area contributed by atoms with Crippen molar-refractivity contribution >= 4 is 24.2 Å². The van der Waals surface area contributed by atoms with Gasteiger partial charge in [0.2, 0.25) is 10.6 Å². The Bertz CT molecular complexity index is 1090. The minimum absolute atomic E-state index is 0.0227. The van der Waals surface area contributed by atoms with Crippen molar-refractivity contribution in [3.63, 3.8) is 0 Å². The third kappa shape index (κ3) is 2.37. The number of carbonyl (C=O) groups is 1. The summed E-state index contributed by atoms with van der Waals surface area (Å²) in [5, 5.41) is 1.53. The molecule has 1 atom stereocenters. The van der Waals surface area contributed by atoms with Gasteiger partial charge in [-0.05, 0) is 62.6 Å². The second-order valence-corrected chi connectivity index (χ2v) is 8.59. The number of rotatable bonds is 2. The molecule has 0 aliphatic carbocycles. The Morgan fingerprint density at radius 2 is 1.42 bits per heavy atom. The van der Waals surface area contributed by atoms with Gasteiger partial charge in [0.1, 0.15) is 0 Å². The molecular formula is C23H20O2P+. The molecule has 0 saturated carbocycles. The van der Waals surface area contributed by atoms with Gasteiger partial charge in [0, 0.05) is 16.7 Å². The van der Waals surface area contributed by atoms with Crippen molar-refractivity contribution in [3.05, 3.63) is 81.9 Å². The quantitative estimate of drug-likeness (QED) is 0.376. The van der Waals surface area contributed by atoms with E-state index in [1.807, 2.05) is 76.2 Å². The van der Waals surface area contributed by atoms with Gasteiger partial charge < -0.3 is 0 Å². The Hall–Kier alpha value is -2.57. The summed E-state index contributed by atoms with van der Waals surface area (Å²) in [6.45, 7) is 7.91. The van der Waals surface area contributed by atoms with Crippen LogP contribution in [-0.2, 0) is 4.57 Å². The predicted octanol–water partition coefficient (Wildman–Crippen LogP) is 4.91. The lowest BCUT2D eigenvalue weighted by molar-refractivity contribution is 0.103. The van der Waals surface area contributed by atoms with Crippen LogP contribution in [0, 0.1) is 27.7 Å². The summed E-state index contributed by atoms with van der Waals surface area (Å²) in [6.07, 6.45) is 0. The molecule has 0 amide bonds. The summed E-state index contributed by atoms with van der Waals surface area (Å²) in [4.78, 5) is 13.5. The van der Waals surface area contributed by atoms with Crippen LogP contribution in [0.5, 0.6) is 0 Å². The van der Waals surface area contributed by atoms with Gasteiger partial charge in [0.05, 0.1) is 5.56 Å². The Balaban J connectivity index is 1.98. The fourth-order valence-electron chi connectivity index (χ4n) is 4.07. The monoisotopic (exact) mass is 359 g/mol. The lowest BCUT2D eigenvalue weighted by atomic mass is 9.89. The van der Waals surface area contributed by atoms with E-state index < -0.39 is 7.80 Å². The average molecular weight is 359 g/mol. The van der Waals surface area contributed by atoms with Crippen LogP contribution < -0.4 is 10.6 Å². The normalized spacial score (nSPS) is 13.5. The minimum Gasteiger partial charge on any atom is -0.288 e. The third-order valence-electron chi connectivity index (χ3n) is 5.13. The second-order valence-electron chi connectivity index (χ2n) is 7.07. The van der Waals surface area contributed by atoms with Gasteiger partial charge in [-0.3, -0.25) is 4.79 Å². The van der Waals surface area contributed by atoms with Gasteiger partial charge in [-0.2, -0.15) is 0 Å². The van der Waals surface area contributed by atoms with Crippen LogP contribution in [0.1, 0.15) is 38.2 Å². The smallest absolute Gasteiger partial charge is 0.288 e. The van der Waals surface area contributed by atoms with E-state index in [-0.39, 0.29) is 5.78 Å². The number of benzene rings is 3. The molecule has 0 spiro atoms. The van der Waals surface area contributed by atoms with E-state index in [1.54, 1.807) is 0 Å². The van der Waals surface area contributed by atoms with E-state index in [2.05, 4.69) is 0 Å². The molecule has 0 saturated heterocycles. The number of aryl methyl sites for hydroxylation is 4. The number of fused-ring (bicyclic) bond motifs is 3. The van der Waals surface area contributed by atoms with Gasteiger partial charge in [0.25, 0.3) is 0 Å². The van der Waals surface area contributed by atoms with E-state index >= 15 is 0 Å². The van der Waals surface area contributed by atoms with Gasteiger partial charge in [-0.1, -0.05) is 40.5 Å². The maximum atomic E-state index is 13.5. The largest absolute Gasteiger partial charge is 0.417 e. The maximum Gasteiger partial charge on any atom is 0.417 e. The fraction of sp³-hybridized carbons (Fsp3) is 0.174. The first-order valence-corrected chi connectivity index (χ1v) is 9.99. The summed E-state index contributed by atoms with van der Waals surface area (Å²) in [7, 11) is -1.75. The zero-order valence-electron chi connectivity index (χ0n) is 15.4. The molecule has 128 valence electrons. The molecule has 0 bridgehead atoms. The Labute approximate surface area is 154 Å². The van der Waals surface area contributed by atoms with Crippen molar-refractivity contribution in [3.8, 4) is 11.1 Å². The van der Waals surface area contributed by atoms with E-state index in [1.165, 1.54) is 0 Å². The molecule has 1 aliphatic rings. The molecule has 0 N–H and O–H groups in total. The van der Waals surface area contributed by atoms with Gasteiger partial charge >= 0.3 is 7.80 Å². The van der Waals surface area contributed by atoms with E-state index in [0.29, 0.717) is 10.9 Å². The van der Waals surface area contributed by atoms with E-state index in [4.69, 9.17) is 0 Å². The van der Waals surface area contributed by atoms with Crippen molar-refractivity contribution in [2.24, 2.45) is 0 Å². The average Bonchev–Trinajstić information content (AvgIpc) is 2.87. The zero-order valence-corrected chi connectivity index (χ0v) is 16.3. The Morgan fingerprint density at radius 1 is 0.769 bits per heavy atom. The van der Waals surface area contributed by atoms with Crippen LogP contribution in [0.25, 0.3) is 11.1 Å². The lowest BCUT2D eigenvalue weighted by Crippen LogP contribution is -2.18. The summed E-state index contributed by atoms with van der Waals surface area (Å²) < 4.78 is 13.2. The molecule has 3 aromatic rings. The molecule has 0 fully saturated rings. The van der Waals surface area contributed by atoms with Crippen LogP contribution in [0.2, 0.25) is 0 Å². The third-order valence-corrected chi connectivity index (χ3v) is 6.83. The molecule has 3 aromatic carbocycles.